The summed E-state index contributed by atoms with van der Waals surface area (Å²) in [5.41, 5.74) is 0.462. The molecule has 1 aromatic rings. The van der Waals surface area contributed by atoms with Crippen LogP contribution in [-0.2, 0) is 9.59 Å². The third kappa shape index (κ3) is 4.30. The average molecular weight is 369 g/mol. The Morgan fingerprint density at radius 2 is 2.14 bits per heavy atom. The summed E-state index contributed by atoms with van der Waals surface area (Å²) in [6.07, 6.45) is 1.26. The van der Waals surface area contributed by atoms with Crippen molar-refractivity contribution in [1.82, 2.24) is 10.2 Å². The van der Waals surface area contributed by atoms with Crippen molar-refractivity contribution in [2.75, 3.05) is 19.6 Å². The molecule has 22 heavy (non-hydrogen) atoms. The van der Waals surface area contributed by atoms with E-state index in [0.29, 0.717) is 24.9 Å². The molecule has 118 valence electrons. The van der Waals surface area contributed by atoms with Crippen LogP contribution in [-0.4, -0.2) is 47.4 Å². The molecule has 1 atom stereocenters. The lowest BCUT2D eigenvalue weighted by atomic mass is 9.98. The van der Waals surface area contributed by atoms with Crippen molar-refractivity contribution in [1.29, 1.82) is 0 Å². The second-order valence-corrected chi connectivity index (χ2v) is 6.13. The van der Waals surface area contributed by atoms with Crippen LogP contribution in [0, 0.1) is 5.92 Å². The van der Waals surface area contributed by atoms with Crippen molar-refractivity contribution >= 4 is 33.7 Å². The van der Waals surface area contributed by atoms with E-state index < -0.39 is 11.9 Å². The molecular formula is C15H17BrN2O4. The number of rotatable bonds is 4. The number of carbonyl (C=O) groups is 3. The van der Waals surface area contributed by atoms with E-state index in [-0.39, 0.29) is 24.9 Å². The monoisotopic (exact) mass is 368 g/mol. The van der Waals surface area contributed by atoms with Crippen LogP contribution in [0.1, 0.15) is 23.2 Å². The third-order valence-corrected chi connectivity index (χ3v) is 4.10. The predicted molar refractivity (Wildman–Crippen MR) is 83.4 cm³/mol. The molecule has 1 aliphatic rings. The Hall–Kier alpha value is -1.89. The number of benzene rings is 1. The minimum absolute atomic E-state index is 0.127. The van der Waals surface area contributed by atoms with Gasteiger partial charge in [-0.3, -0.25) is 14.4 Å². The van der Waals surface area contributed by atoms with Crippen LogP contribution in [0.2, 0.25) is 0 Å². The molecule has 1 fully saturated rings. The number of nitrogens with zero attached hydrogens (tertiary/aromatic N) is 1. The molecule has 0 aromatic heterocycles. The van der Waals surface area contributed by atoms with E-state index in [1.54, 1.807) is 18.2 Å². The first kappa shape index (κ1) is 16.5. The van der Waals surface area contributed by atoms with Gasteiger partial charge in [-0.2, -0.15) is 0 Å². The maximum absolute atomic E-state index is 12.1. The Kier molecular flexibility index (Phi) is 5.54. The number of aliphatic carboxylic acids is 1. The average Bonchev–Trinajstić information content (AvgIpc) is 2.52. The molecule has 1 aromatic carbocycles. The molecular weight excluding hydrogens is 352 g/mol. The zero-order chi connectivity index (χ0) is 16.1. The van der Waals surface area contributed by atoms with Gasteiger partial charge in [0, 0.05) is 23.1 Å². The first-order valence-electron chi connectivity index (χ1n) is 7.01. The topological polar surface area (TPSA) is 86.7 Å². The van der Waals surface area contributed by atoms with Crippen LogP contribution < -0.4 is 5.32 Å². The Bertz CT molecular complexity index is 591. The fraction of sp³-hybridized carbons (Fsp3) is 0.400. The van der Waals surface area contributed by atoms with E-state index in [2.05, 4.69) is 21.2 Å². The van der Waals surface area contributed by atoms with Gasteiger partial charge in [-0.1, -0.05) is 22.0 Å². The van der Waals surface area contributed by atoms with E-state index in [9.17, 15) is 14.4 Å². The predicted octanol–water partition coefficient (Wildman–Crippen LogP) is 1.50. The van der Waals surface area contributed by atoms with Crippen LogP contribution >= 0.6 is 15.9 Å². The second-order valence-electron chi connectivity index (χ2n) is 5.21. The molecule has 0 aliphatic carbocycles. The number of piperidine rings is 1. The summed E-state index contributed by atoms with van der Waals surface area (Å²) in [4.78, 5) is 36.5. The summed E-state index contributed by atoms with van der Waals surface area (Å²) >= 11 is 3.28. The Morgan fingerprint density at radius 3 is 2.82 bits per heavy atom. The Labute approximate surface area is 136 Å². The fourth-order valence-corrected chi connectivity index (χ4v) is 2.80. The van der Waals surface area contributed by atoms with Crippen molar-refractivity contribution in [3.8, 4) is 0 Å². The fourth-order valence-electron chi connectivity index (χ4n) is 2.40. The summed E-state index contributed by atoms with van der Waals surface area (Å²) < 4.78 is 0.784. The zero-order valence-corrected chi connectivity index (χ0v) is 13.5. The van der Waals surface area contributed by atoms with Crippen molar-refractivity contribution < 1.29 is 19.5 Å². The quantitative estimate of drug-likeness (QED) is 0.842. The third-order valence-electron chi connectivity index (χ3n) is 3.61. The zero-order valence-electron chi connectivity index (χ0n) is 11.9. The molecule has 1 heterocycles. The summed E-state index contributed by atoms with van der Waals surface area (Å²) in [5, 5.41) is 11.6. The van der Waals surface area contributed by atoms with Crippen LogP contribution in [0.4, 0.5) is 0 Å². The molecule has 1 aliphatic heterocycles. The summed E-state index contributed by atoms with van der Waals surface area (Å²) in [7, 11) is 0. The summed E-state index contributed by atoms with van der Waals surface area (Å²) in [6.45, 7) is 0.619. The first-order valence-corrected chi connectivity index (χ1v) is 7.81. The van der Waals surface area contributed by atoms with E-state index in [1.165, 1.54) is 4.90 Å². The largest absolute Gasteiger partial charge is 0.481 e. The number of carbonyl (C=O) groups excluding carboxylic acids is 2. The van der Waals surface area contributed by atoms with E-state index in [0.717, 1.165) is 4.47 Å². The van der Waals surface area contributed by atoms with Crippen LogP contribution in [0.5, 0.6) is 0 Å². The molecule has 0 spiro atoms. The lowest BCUT2D eigenvalue weighted by Gasteiger charge is -2.30. The maximum atomic E-state index is 12.1. The minimum Gasteiger partial charge on any atom is -0.481 e. The van der Waals surface area contributed by atoms with Crippen molar-refractivity contribution in [2.45, 2.75) is 12.8 Å². The molecule has 2 rings (SSSR count). The molecule has 1 unspecified atom stereocenters. The highest BCUT2D eigenvalue weighted by atomic mass is 79.9. The van der Waals surface area contributed by atoms with E-state index in [4.69, 9.17) is 5.11 Å². The molecule has 1 saturated heterocycles. The molecule has 6 nitrogen and oxygen atoms in total. The number of likely N-dealkylation sites (tertiary alicyclic amines) is 1. The second kappa shape index (κ2) is 7.40. The van der Waals surface area contributed by atoms with Crippen molar-refractivity contribution in [2.24, 2.45) is 5.92 Å². The number of halogens is 1. The van der Waals surface area contributed by atoms with Crippen LogP contribution in [0.3, 0.4) is 0 Å². The van der Waals surface area contributed by atoms with Gasteiger partial charge < -0.3 is 15.3 Å². The van der Waals surface area contributed by atoms with Crippen molar-refractivity contribution in [3.05, 3.63) is 34.3 Å². The van der Waals surface area contributed by atoms with Crippen LogP contribution in [0.25, 0.3) is 0 Å². The number of hydrogen-bond donors (Lipinski definition) is 2. The van der Waals surface area contributed by atoms with Gasteiger partial charge in [-0.25, -0.2) is 0 Å². The van der Waals surface area contributed by atoms with Gasteiger partial charge in [0.2, 0.25) is 5.91 Å². The number of carboxylic acid groups (broad SMARTS) is 1. The summed E-state index contributed by atoms with van der Waals surface area (Å²) in [5.74, 6) is -1.98. The van der Waals surface area contributed by atoms with Gasteiger partial charge >= 0.3 is 5.97 Å². The smallest absolute Gasteiger partial charge is 0.308 e. The van der Waals surface area contributed by atoms with E-state index in [1.807, 2.05) is 6.07 Å². The number of nitrogens with one attached hydrogen (secondary N) is 1. The Morgan fingerprint density at radius 1 is 1.36 bits per heavy atom. The van der Waals surface area contributed by atoms with Gasteiger partial charge in [0.05, 0.1) is 12.5 Å². The van der Waals surface area contributed by atoms with Gasteiger partial charge in [-0.15, -0.1) is 0 Å². The van der Waals surface area contributed by atoms with Crippen molar-refractivity contribution in [3.63, 3.8) is 0 Å². The molecule has 0 bridgehead atoms. The SMILES string of the molecule is O=C(NCC(=O)N1CCCC(C(=O)O)C1)c1cccc(Br)c1. The number of amides is 2. The lowest BCUT2D eigenvalue weighted by molar-refractivity contribution is -0.145. The van der Waals surface area contributed by atoms with E-state index >= 15 is 0 Å². The van der Waals surface area contributed by atoms with Gasteiger partial charge in [0.15, 0.2) is 0 Å². The molecule has 2 amide bonds. The standard InChI is InChI=1S/C15H17BrN2O4/c16-12-5-1-3-10(7-12)14(20)17-8-13(19)18-6-2-4-11(9-18)15(21)22/h1,3,5,7,11H,2,4,6,8-9H2,(H,17,20)(H,21,22). The normalized spacial score (nSPS) is 17.9. The minimum atomic E-state index is -0.879. The lowest BCUT2D eigenvalue weighted by Crippen LogP contribution is -2.46. The highest BCUT2D eigenvalue weighted by molar-refractivity contribution is 9.10. The summed E-state index contributed by atoms with van der Waals surface area (Å²) in [6, 6.07) is 6.87. The Balaban J connectivity index is 1.87. The molecule has 2 N–H and O–H groups in total. The highest BCUT2D eigenvalue weighted by Gasteiger charge is 2.28. The van der Waals surface area contributed by atoms with Gasteiger partial charge in [-0.05, 0) is 31.0 Å². The van der Waals surface area contributed by atoms with Crippen LogP contribution in [0.15, 0.2) is 28.7 Å². The van der Waals surface area contributed by atoms with Gasteiger partial charge in [0.25, 0.3) is 5.91 Å². The molecule has 7 heteroatoms. The number of hydrogen-bond acceptors (Lipinski definition) is 3. The highest BCUT2D eigenvalue weighted by Crippen LogP contribution is 2.16. The first-order chi connectivity index (χ1) is 10.5. The number of carboxylic acids is 1. The molecule has 0 saturated carbocycles. The van der Waals surface area contributed by atoms with Gasteiger partial charge in [0.1, 0.15) is 0 Å². The maximum Gasteiger partial charge on any atom is 0.308 e. The molecule has 0 radical (unpaired) electrons.